The molecule has 11 rings (SSSR count). The van der Waals surface area contributed by atoms with Crippen LogP contribution in [0, 0.1) is 18.7 Å². The maximum Gasteiger partial charge on any atom is 0.417 e. The maximum absolute atomic E-state index is 15.9. The molecule has 0 aliphatic carbocycles. The summed E-state index contributed by atoms with van der Waals surface area (Å²) >= 11 is 6.32. The van der Waals surface area contributed by atoms with Crippen molar-refractivity contribution in [3.8, 4) is 45.3 Å². The maximum atomic E-state index is 15.9. The zero-order valence-electron chi connectivity index (χ0n) is 45.5. The number of rotatable bonds is 19. The Balaban J connectivity index is 0.872. The number of H-pyrrole nitrogens is 1. The lowest BCUT2D eigenvalue weighted by molar-refractivity contribution is -0.138. The van der Waals surface area contributed by atoms with Crippen molar-refractivity contribution >= 4 is 45.1 Å². The van der Waals surface area contributed by atoms with Crippen molar-refractivity contribution in [2.45, 2.75) is 109 Å². The Hall–Kier alpha value is -7.37. The summed E-state index contributed by atoms with van der Waals surface area (Å²) in [6, 6.07) is 15.7. The summed E-state index contributed by atoms with van der Waals surface area (Å²) in [5.74, 6) is -0.964. The monoisotopic (exact) mass is 1130 g/mol. The first-order chi connectivity index (χ1) is 39.0. The molecular weight excluding hydrogens is 1070 g/mol. The van der Waals surface area contributed by atoms with E-state index in [9.17, 15) is 9.90 Å². The average molecular weight is 1130 g/mol. The Bertz CT molecular complexity index is 3580. The molecule has 3 fully saturated rings. The molecule has 3 aliphatic rings. The minimum Gasteiger partial charge on any atom is -0.486 e. The lowest BCUT2D eigenvalue weighted by Gasteiger charge is -2.35. The molecule has 3 aliphatic heterocycles. The van der Waals surface area contributed by atoms with Crippen LogP contribution in [0.4, 0.5) is 23.4 Å². The van der Waals surface area contributed by atoms with Gasteiger partial charge in [0.15, 0.2) is 5.75 Å². The second-order valence-electron chi connectivity index (χ2n) is 21.6. The van der Waals surface area contributed by atoms with Crippen LogP contribution < -0.4 is 25.0 Å². The number of carbonyl (C=O) groups excluding carboxylic acids is 1. The summed E-state index contributed by atoms with van der Waals surface area (Å²) in [5, 5.41) is 34.1. The number of benzene rings is 4. The molecule has 0 radical (unpaired) electrons. The number of hydrogen-bond acceptors (Lipinski definition) is 15. The molecular formula is C58H62ClF4N13O5. The van der Waals surface area contributed by atoms with E-state index < -0.39 is 35.2 Å². The highest BCUT2D eigenvalue weighted by atomic mass is 35.5. The zero-order chi connectivity index (χ0) is 56.9. The standard InChI is InChI=1S/C58H62ClF4N13O5/c1-30(2)52(56(78)74-17-7-8-48(74)33(5)68-47(26-77)37-15-13-35(14-16-37)41-22-64-29-66-54(41)59)76-25-46(72-73-76)36-11-9-34(10-12-36)28-80-53-50(49-32(4)44(60)20-45-42(49)23-67-71-45)43(58(61,62)63)19-40-51(53)69-57(81-27-31(3)79-6)70-55(40)75-24-38-18-39(75)21-65-38/h9-16,19-20,22-23,25,29-31,33,38-39,47-48,52,65,68,77H,7-8,17-18,21,24,26-28H2,1-6H3,(H,67,71)/t31-,33?,38-,39-,47-,48-,52-/m0/s1. The number of nitrogens with one attached hydrogen (secondary N) is 3. The second-order valence-corrected chi connectivity index (χ2v) is 21.9. The molecule has 0 saturated carbocycles. The van der Waals surface area contributed by atoms with Crippen LogP contribution in [-0.4, -0.2) is 131 Å². The van der Waals surface area contributed by atoms with Gasteiger partial charge in [0.2, 0.25) is 5.91 Å². The van der Waals surface area contributed by atoms with Gasteiger partial charge in [0.25, 0.3) is 0 Å². The van der Waals surface area contributed by atoms with E-state index in [1.165, 1.54) is 32.6 Å². The quantitative estimate of drug-likeness (QED) is 0.0440. The van der Waals surface area contributed by atoms with Crippen LogP contribution in [0.2, 0.25) is 5.15 Å². The highest BCUT2D eigenvalue weighted by Gasteiger charge is 2.43. The third kappa shape index (κ3) is 11.0. The Morgan fingerprint density at radius 2 is 1.77 bits per heavy atom. The van der Waals surface area contributed by atoms with E-state index in [4.69, 9.17) is 35.8 Å². The smallest absolute Gasteiger partial charge is 0.417 e. The summed E-state index contributed by atoms with van der Waals surface area (Å²) in [5.41, 5.74) is 2.87. The first kappa shape index (κ1) is 55.5. The predicted molar refractivity (Wildman–Crippen MR) is 297 cm³/mol. The Morgan fingerprint density at radius 1 is 0.988 bits per heavy atom. The second kappa shape index (κ2) is 22.9. The van der Waals surface area contributed by atoms with E-state index in [1.807, 2.05) is 54.8 Å². The van der Waals surface area contributed by atoms with Crippen LogP contribution in [0.1, 0.15) is 81.3 Å². The highest BCUT2D eigenvalue weighted by molar-refractivity contribution is 6.32. The van der Waals surface area contributed by atoms with Crippen LogP contribution in [0.15, 0.2) is 85.6 Å². The third-order valence-corrected chi connectivity index (χ3v) is 16.3. The van der Waals surface area contributed by atoms with Gasteiger partial charge in [-0.2, -0.15) is 28.2 Å². The number of piperazine rings is 1. The van der Waals surface area contributed by atoms with Gasteiger partial charge in [-0.15, -0.1) is 5.10 Å². The van der Waals surface area contributed by atoms with E-state index in [1.54, 1.807) is 48.3 Å². The molecule has 18 nitrogen and oxygen atoms in total. The van der Waals surface area contributed by atoms with Crippen molar-refractivity contribution in [1.29, 1.82) is 0 Å². The molecule has 2 bridgehead atoms. The lowest BCUT2D eigenvalue weighted by atomic mass is 9.90. The van der Waals surface area contributed by atoms with E-state index in [0.717, 1.165) is 36.5 Å². The van der Waals surface area contributed by atoms with Crippen LogP contribution in [0.3, 0.4) is 0 Å². The van der Waals surface area contributed by atoms with E-state index >= 15 is 17.6 Å². The van der Waals surface area contributed by atoms with Gasteiger partial charge in [0.1, 0.15) is 53.6 Å². The molecule has 81 heavy (non-hydrogen) atoms. The number of hydrogen-bond donors (Lipinski definition) is 4. The number of nitrogens with zero attached hydrogens (tertiary/aromatic N) is 10. The van der Waals surface area contributed by atoms with Gasteiger partial charge in [-0.25, -0.2) is 19.0 Å². The van der Waals surface area contributed by atoms with Crippen LogP contribution >= 0.6 is 11.6 Å². The highest BCUT2D eigenvalue weighted by Crippen LogP contribution is 2.51. The van der Waals surface area contributed by atoms with E-state index in [0.29, 0.717) is 47.2 Å². The minimum absolute atomic E-state index is 0.0381. The number of fused-ring (bicyclic) bond motifs is 4. The number of carbonyl (C=O) groups is 1. The number of methoxy groups -OCH3 is 1. The molecule has 7 atom stereocenters. The number of aliphatic hydroxyl groups is 1. The Morgan fingerprint density at radius 3 is 2.46 bits per heavy atom. The summed E-state index contributed by atoms with van der Waals surface area (Å²) in [4.78, 5) is 36.3. The van der Waals surface area contributed by atoms with E-state index in [-0.39, 0.29) is 112 Å². The SMILES string of the molecule is CO[C@@H](C)COc1nc(N2C[C@@H]3C[C@H]2CN3)c2cc(C(F)(F)F)c(-c3c(C)c(F)cc4[nH]ncc34)c(OCc3ccc(-c4cn([C@H](C(=O)N5CCC[C@H]5C(C)N[C@@H](CO)c5ccc(-c6cncnc6Cl)cc5)C(C)C)nn4)cc3)c2n1. The molecule has 4 aromatic carbocycles. The van der Waals surface area contributed by atoms with Gasteiger partial charge in [0, 0.05) is 90.1 Å². The Kier molecular flexibility index (Phi) is 15.7. The van der Waals surface area contributed by atoms with E-state index in [2.05, 4.69) is 41.1 Å². The topological polar surface area (TPSA) is 206 Å². The third-order valence-electron chi connectivity index (χ3n) is 16.0. The number of aromatic amines is 1. The Labute approximate surface area is 469 Å². The summed E-state index contributed by atoms with van der Waals surface area (Å²) in [6.45, 7) is 10.5. The largest absolute Gasteiger partial charge is 0.486 e. The average Bonchev–Trinajstić information content (AvgIpc) is 3.83. The number of ether oxygens (including phenoxy) is 3. The van der Waals surface area contributed by atoms with Crippen LogP contribution in [0.5, 0.6) is 11.8 Å². The normalized spacial score (nSPS) is 18.8. The molecule has 23 heteroatoms. The van der Waals surface area contributed by atoms with Gasteiger partial charge in [-0.3, -0.25) is 9.89 Å². The number of anilines is 1. The van der Waals surface area contributed by atoms with Gasteiger partial charge in [-0.05, 0) is 80.3 Å². The molecule has 1 amide bonds. The molecule has 4 aromatic heterocycles. The first-order valence-corrected chi connectivity index (χ1v) is 27.5. The molecule has 7 heterocycles. The molecule has 3 saturated heterocycles. The van der Waals surface area contributed by atoms with Crippen LogP contribution in [-0.2, 0) is 22.3 Å². The summed E-state index contributed by atoms with van der Waals surface area (Å²) < 4.78 is 83.3. The fourth-order valence-corrected chi connectivity index (χ4v) is 11.9. The van der Waals surface area contributed by atoms with Crippen molar-refractivity contribution < 1.29 is 41.7 Å². The molecule has 0 spiro atoms. The van der Waals surface area contributed by atoms with Crippen LogP contribution in [0.25, 0.3) is 55.3 Å². The summed E-state index contributed by atoms with van der Waals surface area (Å²) in [7, 11) is 1.54. The van der Waals surface area contributed by atoms with Gasteiger partial charge >= 0.3 is 12.2 Å². The molecule has 4 N–H and O–H groups in total. The van der Waals surface area contributed by atoms with Gasteiger partial charge in [-0.1, -0.05) is 79.2 Å². The first-order valence-electron chi connectivity index (χ1n) is 27.1. The number of aromatic nitrogens is 9. The van der Waals surface area contributed by atoms with Gasteiger partial charge in [0.05, 0.1) is 42.2 Å². The molecule has 8 aromatic rings. The van der Waals surface area contributed by atoms with Crippen molar-refractivity contribution in [2.24, 2.45) is 5.92 Å². The number of halogens is 5. The minimum atomic E-state index is -4.96. The molecule has 424 valence electrons. The number of alkyl halides is 3. The van der Waals surface area contributed by atoms with Gasteiger partial charge < -0.3 is 39.8 Å². The van der Waals surface area contributed by atoms with Crippen molar-refractivity contribution in [3.05, 3.63) is 119 Å². The van der Waals surface area contributed by atoms with Crippen molar-refractivity contribution in [1.82, 2.24) is 60.7 Å². The van der Waals surface area contributed by atoms with Crippen molar-refractivity contribution in [3.63, 3.8) is 0 Å². The van der Waals surface area contributed by atoms with Crippen molar-refractivity contribution in [2.75, 3.05) is 44.9 Å². The fourth-order valence-electron chi connectivity index (χ4n) is 11.7. The molecule has 1 unspecified atom stereocenters. The zero-order valence-corrected chi connectivity index (χ0v) is 46.3. The lowest BCUT2D eigenvalue weighted by Crippen LogP contribution is -2.51. The predicted octanol–water partition coefficient (Wildman–Crippen LogP) is 9.45. The summed E-state index contributed by atoms with van der Waals surface area (Å²) in [6.07, 6.45) is 3.21. The number of likely N-dealkylation sites (tertiary alicyclic amines) is 1. The number of aliphatic hydroxyl groups excluding tert-OH is 1. The fraction of sp³-hybridized carbons (Fsp3) is 0.414. The number of amides is 1.